The summed E-state index contributed by atoms with van der Waals surface area (Å²) in [7, 11) is 0. The number of aromatic nitrogens is 2. The van der Waals surface area contributed by atoms with E-state index >= 15 is 0 Å². The maximum atomic E-state index is 12.4. The fourth-order valence-electron chi connectivity index (χ4n) is 2.76. The molecule has 5 nitrogen and oxygen atoms in total. The molecule has 0 radical (unpaired) electrons. The summed E-state index contributed by atoms with van der Waals surface area (Å²) >= 11 is 5.95. The first kappa shape index (κ1) is 19.5. The first-order chi connectivity index (χ1) is 12.1. The van der Waals surface area contributed by atoms with E-state index in [1.54, 1.807) is 17.7 Å². The summed E-state index contributed by atoms with van der Waals surface area (Å²) in [5.74, 6) is -0.371. The lowest BCUT2D eigenvalue weighted by molar-refractivity contribution is 0.0508. The number of carbonyl (C=O) groups is 1. The largest absolute Gasteiger partial charge is 0.461 e. The summed E-state index contributed by atoms with van der Waals surface area (Å²) < 4.78 is 6.93. The summed E-state index contributed by atoms with van der Waals surface area (Å²) in [6.07, 6.45) is 4.21. The Labute approximate surface area is 154 Å². The van der Waals surface area contributed by atoms with Crippen LogP contribution in [-0.4, -0.2) is 28.9 Å². The van der Waals surface area contributed by atoms with Crippen LogP contribution in [0.3, 0.4) is 0 Å². The van der Waals surface area contributed by atoms with Crippen LogP contribution >= 0.6 is 11.6 Å². The Hall–Kier alpha value is -1.85. The molecule has 1 heterocycles. The minimum absolute atomic E-state index is 0.0213. The van der Waals surface area contributed by atoms with E-state index in [2.05, 4.69) is 12.0 Å². The molecule has 0 spiro atoms. The number of nitrogens with two attached hydrogens (primary N) is 1. The second-order valence-corrected chi connectivity index (χ2v) is 6.41. The molecular formula is C19H26ClN3O2. The van der Waals surface area contributed by atoms with Crippen LogP contribution in [-0.2, 0) is 4.74 Å². The van der Waals surface area contributed by atoms with Crippen molar-refractivity contribution in [2.24, 2.45) is 5.73 Å². The lowest BCUT2D eigenvalue weighted by Crippen LogP contribution is -2.24. The van der Waals surface area contributed by atoms with Crippen LogP contribution in [0.15, 0.2) is 30.3 Å². The third-order valence-corrected chi connectivity index (χ3v) is 4.37. The molecule has 6 heteroatoms. The van der Waals surface area contributed by atoms with Gasteiger partial charge in [0.2, 0.25) is 0 Å². The zero-order chi connectivity index (χ0) is 18.2. The van der Waals surface area contributed by atoms with Crippen molar-refractivity contribution < 1.29 is 9.53 Å². The molecule has 136 valence electrons. The molecule has 1 aromatic heterocycles. The quantitative estimate of drug-likeness (QED) is 0.527. The first-order valence-corrected chi connectivity index (χ1v) is 9.21. The van der Waals surface area contributed by atoms with Crippen LogP contribution in [0, 0.1) is 0 Å². The van der Waals surface area contributed by atoms with Crippen molar-refractivity contribution in [2.45, 2.75) is 45.6 Å². The average molecular weight is 364 g/mol. The van der Waals surface area contributed by atoms with E-state index < -0.39 is 0 Å². The van der Waals surface area contributed by atoms with Gasteiger partial charge in [0.1, 0.15) is 5.69 Å². The molecule has 0 fully saturated rings. The molecule has 1 aromatic carbocycles. The van der Waals surface area contributed by atoms with Gasteiger partial charge in [0, 0.05) is 17.1 Å². The summed E-state index contributed by atoms with van der Waals surface area (Å²) in [5, 5.41) is 5.32. The van der Waals surface area contributed by atoms with E-state index in [0.29, 0.717) is 29.6 Å². The Kier molecular flexibility index (Phi) is 7.47. The highest BCUT2D eigenvalue weighted by Gasteiger charge is 2.22. The van der Waals surface area contributed by atoms with E-state index in [1.165, 1.54) is 0 Å². The molecule has 0 aliphatic heterocycles. The van der Waals surface area contributed by atoms with Gasteiger partial charge in [0.25, 0.3) is 0 Å². The van der Waals surface area contributed by atoms with Crippen molar-refractivity contribution in [2.75, 3.05) is 13.2 Å². The summed E-state index contributed by atoms with van der Waals surface area (Å²) in [5.41, 5.74) is 8.03. The minimum Gasteiger partial charge on any atom is -0.461 e. The van der Waals surface area contributed by atoms with Gasteiger partial charge in [-0.05, 0) is 31.5 Å². The number of hydrogen-bond donors (Lipinski definition) is 1. The van der Waals surface area contributed by atoms with Gasteiger partial charge in [-0.3, -0.25) is 4.68 Å². The van der Waals surface area contributed by atoms with Crippen LogP contribution < -0.4 is 5.73 Å². The second-order valence-electron chi connectivity index (χ2n) is 5.97. The topological polar surface area (TPSA) is 70.1 Å². The SMILES string of the molecule is CCCCCC(CN)n1nc(-c2ccc(Cl)cc2)cc1C(=O)OCC. The molecule has 0 saturated carbocycles. The normalized spacial score (nSPS) is 12.2. The van der Waals surface area contributed by atoms with Crippen LogP contribution in [0.5, 0.6) is 0 Å². The lowest BCUT2D eigenvalue weighted by Gasteiger charge is -2.17. The Morgan fingerprint density at radius 2 is 2.00 bits per heavy atom. The predicted octanol–water partition coefficient (Wildman–Crippen LogP) is 4.46. The molecule has 0 aliphatic rings. The molecule has 1 atom stereocenters. The van der Waals surface area contributed by atoms with Crippen LogP contribution in [0.4, 0.5) is 0 Å². The number of benzene rings is 1. The molecular weight excluding hydrogens is 338 g/mol. The highest BCUT2D eigenvalue weighted by atomic mass is 35.5. The number of esters is 1. The average Bonchev–Trinajstić information content (AvgIpc) is 3.05. The van der Waals surface area contributed by atoms with Gasteiger partial charge in [-0.15, -0.1) is 0 Å². The van der Waals surface area contributed by atoms with Crippen LogP contribution in [0.25, 0.3) is 11.3 Å². The molecule has 0 amide bonds. The number of halogens is 1. The van der Waals surface area contributed by atoms with Gasteiger partial charge >= 0.3 is 5.97 Å². The van der Waals surface area contributed by atoms with E-state index in [4.69, 9.17) is 22.1 Å². The van der Waals surface area contributed by atoms with Crippen LogP contribution in [0.1, 0.15) is 56.1 Å². The second kappa shape index (κ2) is 9.59. The predicted molar refractivity (Wildman–Crippen MR) is 101 cm³/mol. The summed E-state index contributed by atoms with van der Waals surface area (Å²) in [4.78, 5) is 12.4. The number of carbonyl (C=O) groups excluding carboxylic acids is 1. The van der Waals surface area contributed by atoms with Crippen LogP contribution in [0.2, 0.25) is 5.02 Å². The van der Waals surface area contributed by atoms with Crippen molar-refractivity contribution in [1.82, 2.24) is 9.78 Å². The molecule has 2 N–H and O–H groups in total. The maximum Gasteiger partial charge on any atom is 0.356 e. The van der Waals surface area contributed by atoms with Crippen molar-refractivity contribution in [1.29, 1.82) is 0 Å². The third kappa shape index (κ3) is 5.06. The lowest BCUT2D eigenvalue weighted by atomic mass is 10.1. The van der Waals surface area contributed by atoms with Crippen molar-refractivity contribution in [3.63, 3.8) is 0 Å². The highest BCUT2D eigenvalue weighted by molar-refractivity contribution is 6.30. The van der Waals surface area contributed by atoms with Crippen molar-refractivity contribution >= 4 is 17.6 Å². The summed E-state index contributed by atoms with van der Waals surface area (Å²) in [6.45, 7) is 4.70. The van der Waals surface area contributed by atoms with Gasteiger partial charge in [0.05, 0.1) is 18.3 Å². The number of unbranched alkanes of at least 4 members (excludes halogenated alkanes) is 2. The molecule has 2 aromatic rings. The fourth-order valence-corrected chi connectivity index (χ4v) is 2.89. The molecule has 2 rings (SSSR count). The highest BCUT2D eigenvalue weighted by Crippen LogP contribution is 2.25. The number of nitrogens with zero attached hydrogens (tertiary/aromatic N) is 2. The Bertz CT molecular complexity index is 682. The van der Waals surface area contributed by atoms with Gasteiger partial charge in [0.15, 0.2) is 0 Å². The smallest absolute Gasteiger partial charge is 0.356 e. The van der Waals surface area contributed by atoms with Gasteiger partial charge in [-0.25, -0.2) is 4.79 Å². The molecule has 0 aliphatic carbocycles. The molecule has 0 saturated heterocycles. The number of ether oxygens (including phenoxy) is 1. The van der Waals surface area contributed by atoms with E-state index in [9.17, 15) is 4.79 Å². The minimum atomic E-state index is -0.371. The van der Waals surface area contributed by atoms with E-state index in [-0.39, 0.29) is 12.0 Å². The van der Waals surface area contributed by atoms with Crippen molar-refractivity contribution in [3.05, 3.63) is 41.0 Å². The van der Waals surface area contributed by atoms with E-state index in [0.717, 1.165) is 31.2 Å². The Balaban J connectivity index is 2.37. The Morgan fingerprint density at radius 3 is 2.60 bits per heavy atom. The Morgan fingerprint density at radius 1 is 1.28 bits per heavy atom. The standard InChI is InChI=1S/C19H26ClN3O2/c1-3-5-6-7-16(13-21)23-18(19(24)25-4-2)12-17(22-23)14-8-10-15(20)11-9-14/h8-12,16H,3-7,13,21H2,1-2H3. The molecule has 0 bridgehead atoms. The molecule has 25 heavy (non-hydrogen) atoms. The van der Waals surface area contributed by atoms with Gasteiger partial charge < -0.3 is 10.5 Å². The van der Waals surface area contributed by atoms with Gasteiger partial charge in [-0.2, -0.15) is 5.10 Å². The van der Waals surface area contributed by atoms with Crippen molar-refractivity contribution in [3.8, 4) is 11.3 Å². The maximum absolute atomic E-state index is 12.4. The zero-order valence-electron chi connectivity index (χ0n) is 14.9. The monoisotopic (exact) mass is 363 g/mol. The number of hydrogen-bond acceptors (Lipinski definition) is 4. The number of rotatable bonds is 9. The summed E-state index contributed by atoms with van der Waals surface area (Å²) in [6, 6.07) is 9.14. The van der Waals surface area contributed by atoms with E-state index in [1.807, 2.05) is 24.3 Å². The van der Waals surface area contributed by atoms with Gasteiger partial charge in [-0.1, -0.05) is 49.9 Å². The molecule has 1 unspecified atom stereocenters. The first-order valence-electron chi connectivity index (χ1n) is 8.83. The third-order valence-electron chi connectivity index (χ3n) is 4.12. The zero-order valence-corrected chi connectivity index (χ0v) is 15.6. The fraction of sp³-hybridized carbons (Fsp3) is 0.474.